The Kier molecular flexibility index (Phi) is 13.8. The maximum atomic E-state index is 17.3. The second-order valence-electron chi connectivity index (χ2n) is 25.3. The van der Waals surface area contributed by atoms with Crippen molar-refractivity contribution in [2.45, 2.75) is 158 Å². The summed E-state index contributed by atoms with van der Waals surface area (Å²) in [5.41, 5.74) is 2.63. The van der Waals surface area contributed by atoms with E-state index in [2.05, 4.69) is 37.1 Å². The standard InChI is InChI=1S/C62H76F2N10O6/c1-4-44-47(63)11-9-40-30-43(75)32-45(52(40)44)54-53(64)55-46(35-65-54)56(72-24-6-18-60(2,79)36-72)68-58(67-55)80-37-62-19-7-25-73(62)41(15-20-62)8-5-23-70-28-21-61(22-29-70)33-42(34-61)71-26-16-38(17-27-71)39-10-12-48-50(31-39)69(3)59(78)74(48)49-13-14-51(76)66-57(49)77/h9-12,30-32,35,38,41-42,49,75,79H,4-8,13-29,33-34,36-37H2,1-3H3,(H,66,76,77)/t41?,49?,60-,62+/m1/s1. The highest BCUT2D eigenvalue weighted by atomic mass is 19.1. The quantitative estimate of drug-likeness (QED) is 0.0939. The van der Waals surface area contributed by atoms with Gasteiger partial charge in [0.05, 0.1) is 27.6 Å². The first-order valence-corrected chi connectivity index (χ1v) is 29.8. The van der Waals surface area contributed by atoms with Gasteiger partial charge in [-0.15, -0.1) is 0 Å². The van der Waals surface area contributed by atoms with Crippen LogP contribution in [0.25, 0.3) is 44.0 Å². The fraction of sp³-hybridized carbons (Fsp3) is 0.581. The molecule has 6 aromatic rings. The van der Waals surface area contributed by atoms with E-state index in [1.54, 1.807) is 34.5 Å². The van der Waals surface area contributed by atoms with Gasteiger partial charge in [0.1, 0.15) is 41.2 Å². The van der Waals surface area contributed by atoms with E-state index in [9.17, 15) is 24.6 Å². The first kappa shape index (κ1) is 53.2. The SMILES string of the molecule is CCc1c(F)ccc2cc(O)cc(-c3ncc4c(N5CCC[C@@](C)(O)C5)nc(OC[C@@]56CCCN5C(CCCN5CCC7(CC5)CC(N5CCC(c8ccc9c(c8)n(C)c(=O)n9C8CCC(=O)NC8=O)CC5)C7)CC6)nc4c3F)c12. The minimum Gasteiger partial charge on any atom is -0.508 e. The minimum atomic E-state index is -0.963. The van der Waals surface area contributed by atoms with E-state index in [0.717, 1.165) is 95.0 Å². The minimum absolute atomic E-state index is 0.0277. The fourth-order valence-electron chi connectivity index (χ4n) is 15.9. The Morgan fingerprint density at radius 1 is 0.875 bits per heavy atom. The number of aliphatic hydroxyl groups is 1. The van der Waals surface area contributed by atoms with Gasteiger partial charge >= 0.3 is 11.7 Å². The van der Waals surface area contributed by atoms with Gasteiger partial charge in [-0.2, -0.15) is 9.97 Å². The molecule has 18 heteroatoms. The zero-order valence-corrected chi connectivity index (χ0v) is 46.6. The molecule has 424 valence electrons. The highest BCUT2D eigenvalue weighted by Gasteiger charge is 2.51. The van der Waals surface area contributed by atoms with E-state index < -0.39 is 29.2 Å². The van der Waals surface area contributed by atoms with E-state index in [0.29, 0.717) is 89.9 Å². The van der Waals surface area contributed by atoms with Gasteiger partial charge in [-0.05, 0) is 212 Å². The molecule has 0 bridgehead atoms. The van der Waals surface area contributed by atoms with E-state index in [4.69, 9.17) is 14.7 Å². The number of imide groups is 1. The summed E-state index contributed by atoms with van der Waals surface area (Å²) < 4.78 is 42.4. The first-order chi connectivity index (χ1) is 38.6. The molecule has 80 heavy (non-hydrogen) atoms. The number of carbonyl (C=O) groups is 2. The summed E-state index contributed by atoms with van der Waals surface area (Å²) in [6.45, 7) is 11.6. The number of ether oxygens (including phenoxy) is 1. The van der Waals surface area contributed by atoms with Crippen LogP contribution in [0, 0.1) is 17.0 Å². The van der Waals surface area contributed by atoms with Crippen LogP contribution in [0.3, 0.4) is 0 Å². The Balaban J connectivity index is 0.615. The lowest BCUT2D eigenvalue weighted by Gasteiger charge is -2.56. The molecule has 1 spiro atoms. The molecule has 1 aliphatic carbocycles. The molecular weight excluding hydrogens is 1020 g/mol. The van der Waals surface area contributed by atoms with Gasteiger partial charge in [-0.25, -0.2) is 13.6 Å². The number of nitrogens with zero attached hydrogens (tertiary/aromatic N) is 9. The van der Waals surface area contributed by atoms with Gasteiger partial charge in [0.15, 0.2) is 5.82 Å². The molecule has 3 aromatic carbocycles. The number of aryl methyl sites for hydroxylation is 2. The molecule has 9 heterocycles. The Morgan fingerprint density at radius 3 is 2.45 bits per heavy atom. The van der Waals surface area contributed by atoms with Crippen LogP contribution >= 0.6 is 0 Å². The number of β-amino-alcohol motifs (C(OH)–C–C–N with tert-alkyl or cyclic N) is 1. The van der Waals surface area contributed by atoms with Gasteiger partial charge in [0, 0.05) is 50.4 Å². The Hall–Kier alpha value is -6.08. The number of halogens is 2. The summed E-state index contributed by atoms with van der Waals surface area (Å²) >= 11 is 0. The van der Waals surface area contributed by atoms with Crippen molar-refractivity contribution in [1.82, 2.24) is 44.1 Å². The number of aromatic nitrogens is 5. The lowest BCUT2D eigenvalue weighted by Crippen LogP contribution is -2.56. The van der Waals surface area contributed by atoms with Crippen LogP contribution in [0.2, 0.25) is 0 Å². The smallest absolute Gasteiger partial charge is 0.329 e. The summed E-state index contributed by atoms with van der Waals surface area (Å²) in [7, 11) is 1.77. The van der Waals surface area contributed by atoms with Crippen LogP contribution in [0.4, 0.5) is 14.6 Å². The summed E-state index contributed by atoms with van der Waals surface area (Å²) in [6.07, 6.45) is 17.7. The molecule has 16 nitrogen and oxygen atoms in total. The second kappa shape index (κ2) is 20.7. The van der Waals surface area contributed by atoms with E-state index in [-0.39, 0.29) is 52.1 Å². The molecule has 0 radical (unpaired) electrons. The molecule has 7 aliphatic rings. The molecule has 13 rings (SSSR count). The van der Waals surface area contributed by atoms with Crippen LogP contribution in [0.15, 0.2) is 53.5 Å². The van der Waals surface area contributed by atoms with Crippen molar-refractivity contribution in [2.24, 2.45) is 12.5 Å². The lowest BCUT2D eigenvalue weighted by atomic mass is 9.59. The van der Waals surface area contributed by atoms with E-state index in [1.807, 2.05) is 24.8 Å². The summed E-state index contributed by atoms with van der Waals surface area (Å²) in [4.78, 5) is 62.3. The number of hydrogen-bond acceptors (Lipinski definition) is 13. The first-order valence-electron chi connectivity index (χ1n) is 29.8. The lowest BCUT2D eigenvalue weighted by molar-refractivity contribution is -0.135. The predicted octanol–water partition coefficient (Wildman–Crippen LogP) is 8.65. The Labute approximate surface area is 465 Å². The number of anilines is 1. The average Bonchev–Trinajstić information content (AvgIpc) is 4.07. The van der Waals surface area contributed by atoms with Crippen LogP contribution in [-0.4, -0.2) is 143 Å². The maximum Gasteiger partial charge on any atom is 0.329 e. The van der Waals surface area contributed by atoms with Crippen molar-refractivity contribution < 1.29 is 33.3 Å². The molecule has 3 aromatic heterocycles. The Bertz CT molecular complexity index is 3470. The van der Waals surface area contributed by atoms with Gasteiger partial charge in [0.2, 0.25) is 11.8 Å². The number of piperidine rings is 4. The molecular formula is C62H76F2N10O6. The molecule has 2 unspecified atom stereocenters. The van der Waals surface area contributed by atoms with E-state index >= 15 is 8.78 Å². The zero-order valence-electron chi connectivity index (χ0n) is 46.6. The largest absolute Gasteiger partial charge is 0.508 e. The Morgan fingerprint density at radius 2 is 1.68 bits per heavy atom. The number of nitrogens with one attached hydrogen (secondary N) is 1. The van der Waals surface area contributed by atoms with Crippen molar-refractivity contribution in [3.8, 4) is 23.0 Å². The topological polar surface area (TPSA) is 174 Å². The molecule has 7 fully saturated rings. The number of likely N-dealkylation sites (tertiary alicyclic amines) is 2. The normalized spacial score (nSPS) is 26.2. The molecule has 1 saturated carbocycles. The number of fused-ring (bicyclic) bond motifs is 4. The van der Waals surface area contributed by atoms with Gasteiger partial charge in [-0.1, -0.05) is 19.1 Å². The average molecular weight is 1100 g/mol. The second-order valence-corrected chi connectivity index (χ2v) is 25.3. The number of phenols is 1. The number of pyridine rings is 1. The number of rotatable bonds is 13. The third-order valence-electron chi connectivity index (χ3n) is 20.3. The predicted molar refractivity (Wildman–Crippen MR) is 303 cm³/mol. The van der Waals surface area contributed by atoms with Gasteiger partial charge in [-0.3, -0.25) is 33.9 Å². The van der Waals surface area contributed by atoms with Crippen LogP contribution in [-0.2, 0) is 23.1 Å². The number of amides is 2. The van der Waals surface area contributed by atoms with Crippen molar-refractivity contribution in [3.05, 3.63) is 81.9 Å². The number of aromatic hydroxyl groups is 1. The molecule has 6 aliphatic heterocycles. The van der Waals surface area contributed by atoms with Crippen molar-refractivity contribution in [2.75, 3.05) is 63.9 Å². The highest BCUT2D eigenvalue weighted by molar-refractivity contribution is 6.02. The van der Waals surface area contributed by atoms with Crippen LogP contribution in [0.5, 0.6) is 11.8 Å². The van der Waals surface area contributed by atoms with Crippen molar-refractivity contribution >= 4 is 50.3 Å². The van der Waals surface area contributed by atoms with E-state index in [1.165, 1.54) is 56.5 Å². The number of phenolic OH excluding ortho intramolecular Hbond substituents is 1. The molecule has 2 amide bonds. The monoisotopic (exact) mass is 1090 g/mol. The third-order valence-corrected chi connectivity index (χ3v) is 20.3. The maximum absolute atomic E-state index is 17.3. The number of hydrogen-bond donors (Lipinski definition) is 3. The van der Waals surface area contributed by atoms with Crippen LogP contribution < -0.4 is 20.6 Å². The zero-order chi connectivity index (χ0) is 55.2. The van der Waals surface area contributed by atoms with Crippen LogP contribution in [0.1, 0.15) is 140 Å². The summed E-state index contributed by atoms with van der Waals surface area (Å²) in [6, 6.07) is 12.8. The summed E-state index contributed by atoms with van der Waals surface area (Å²) in [5.74, 6) is -1.01. The van der Waals surface area contributed by atoms with Gasteiger partial charge < -0.3 is 29.6 Å². The molecule has 3 N–H and O–H groups in total. The summed E-state index contributed by atoms with van der Waals surface area (Å²) in [5, 5.41) is 25.9. The third kappa shape index (κ3) is 9.52. The molecule has 6 saturated heterocycles. The number of benzene rings is 3. The van der Waals surface area contributed by atoms with Crippen molar-refractivity contribution in [1.29, 1.82) is 0 Å². The highest BCUT2D eigenvalue weighted by Crippen LogP contribution is 2.52. The number of carbonyl (C=O) groups excluding carboxylic acids is 2. The van der Waals surface area contributed by atoms with Gasteiger partial charge in [0.25, 0.3) is 0 Å². The fourth-order valence-corrected chi connectivity index (χ4v) is 15.9. The van der Waals surface area contributed by atoms with Crippen molar-refractivity contribution in [3.63, 3.8) is 0 Å². The molecule has 4 atom stereocenters. The number of imidazole rings is 1.